The minimum absolute atomic E-state index is 0.0576. The molecule has 0 amide bonds. The van der Waals surface area contributed by atoms with Gasteiger partial charge in [-0.25, -0.2) is 0 Å². The summed E-state index contributed by atoms with van der Waals surface area (Å²) in [6, 6.07) is 12.4. The van der Waals surface area contributed by atoms with E-state index < -0.39 is 0 Å². The molecule has 0 atom stereocenters. The molecule has 1 N–H and O–H groups in total. The van der Waals surface area contributed by atoms with Gasteiger partial charge in [0.25, 0.3) is 0 Å². The number of hydrogen-bond acceptors (Lipinski definition) is 3. The van der Waals surface area contributed by atoms with Crippen molar-refractivity contribution in [3.05, 3.63) is 47.5 Å². The molecule has 0 unspecified atom stereocenters. The molecule has 1 heterocycles. The first-order chi connectivity index (χ1) is 12.5. The highest BCUT2D eigenvalue weighted by Gasteiger charge is 2.17. The standard InChI is InChI=1S/C22H24N2O2/c1-14(25)16-6-8-21-19(12-16)20-13-17(15(2)26)7-9-22(20)24(21)11-10-23-18-4-3-5-18/h6-9,12-13,18,23H,3-5,10-11H2,1-2H3. The zero-order valence-corrected chi connectivity index (χ0v) is 15.3. The number of benzene rings is 2. The molecule has 4 rings (SSSR count). The number of carbonyl (C=O) groups is 2. The van der Waals surface area contributed by atoms with Crippen LogP contribution in [-0.4, -0.2) is 28.7 Å². The summed E-state index contributed by atoms with van der Waals surface area (Å²) < 4.78 is 2.30. The summed E-state index contributed by atoms with van der Waals surface area (Å²) in [6.07, 6.45) is 3.88. The molecule has 3 aromatic rings. The highest BCUT2D eigenvalue weighted by Crippen LogP contribution is 2.31. The minimum Gasteiger partial charge on any atom is -0.339 e. The molecule has 4 nitrogen and oxygen atoms in total. The van der Waals surface area contributed by atoms with Gasteiger partial charge in [0.1, 0.15) is 0 Å². The zero-order valence-electron chi connectivity index (χ0n) is 15.3. The van der Waals surface area contributed by atoms with E-state index in [4.69, 9.17) is 0 Å². The summed E-state index contributed by atoms with van der Waals surface area (Å²) in [5, 5.41) is 5.70. The highest BCUT2D eigenvalue weighted by atomic mass is 16.1. The molecule has 1 aromatic heterocycles. The van der Waals surface area contributed by atoms with Crippen molar-refractivity contribution in [3.8, 4) is 0 Å². The summed E-state index contributed by atoms with van der Waals surface area (Å²) in [6.45, 7) is 4.97. The maximum absolute atomic E-state index is 11.8. The van der Waals surface area contributed by atoms with E-state index in [9.17, 15) is 9.59 Å². The molecule has 0 radical (unpaired) electrons. The third kappa shape index (κ3) is 2.95. The van der Waals surface area contributed by atoms with Gasteiger partial charge in [0.05, 0.1) is 0 Å². The predicted molar refractivity (Wildman–Crippen MR) is 105 cm³/mol. The van der Waals surface area contributed by atoms with Gasteiger partial charge in [-0.1, -0.05) is 6.42 Å². The molecule has 1 saturated carbocycles. The Morgan fingerprint density at radius 3 is 1.92 bits per heavy atom. The molecule has 0 spiro atoms. The van der Waals surface area contributed by atoms with Crippen molar-refractivity contribution in [2.24, 2.45) is 0 Å². The number of fused-ring (bicyclic) bond motifs is 3. The molecule has 1 aliphatic rings. The Morgan fingerprint density at radius 1 is 0.962 bits per heavy atom. The fourth-order valence-electron chi connectivity index (χ4n) is 3.78. The van der Waals surface area contributed by atoms with Crippen LogP contribution >= 0.6 is 0 Å². The van der Waals surface area contributed by atoms with Crippen molar-refractivity contribution in [2.75, 3.05) is 6.54 Å². The van der Waals surface area contributed by atoms with Gasteiger partial charge in [0.2, 0.25) is 0 Å². The van der Waals surface area contributed by atoms with Crippen LogP contribution < -0.4 is 5.32 Å². The van der Waals surface area contributed by atoms with Crippen molar-refractivity contribution < 1.29 is 9.59 Å². The second kappa shape index (κ2) is 6.69. The Balaban J connectivity index is 1.81. The summed E-state index contributed by atoms with van der Waals surface area (Å²) in [4.78, 5) is 23.6. The monoisotopic (exact) mass is 348 g/mol. The number of nitrogens with one attached hydrogen (secondary N) is 1. The number of carbonyl (C=O) groups excluding carboxylic acids is 2. The summed E-state index contributed by atoms with van der Waals surface area (Å²) in [5.41, 5.74) is 3.64. The fourth-order valence-corrected chi connectivity index (χ4v) is 3.78. The molecule has 0 saturated heterocycles. The van der Waals surface area contributed by atoms with Gasteiger partial charge in [0, 0.05) is 52.1 Å². The number of Topliss-reactive ketones (excluding diaryl/α,β-unsaturated/α-hetero) is 2. The van der Waals surface area contributed by atoms with Crippen molar-refractivity contribution in [1.29, 1.82) is 0 Å². The van der Waals surface area contributed by atoms with E-state index in [0.717, 1.165) is 34.9 Å². The van der Waals surface area contributed by atoms with E-state index in [1.807, 2.05) is 36.4 Å². The highest BCUT2D eigenvalue weighted by molar-refractivity contribution is 6.12. The first-order valence-electron chi connectivity index (χ1n) is 9.36. The topological polar surface area (TPSA) is 51.1 Å². The summed E-state index contributed by atoms with van der Waals surface area (Å²) in [7, 11) is 0. The van der Waals surface area contributed by atoms with Crippen LogP contribution in [0.4, 0.5) is 0 Å². The first kappa shape index (κ1) is 17.0. The largest absolute Gasteiger partial charge is 0.339 e. The van der Waals surface area contributed by atoms with E-state index in [0.29, 0.717) is 17.2 Å². The Hall–Kier alpha value is -2.46. The summed E-state index contributed by atoms with van der Waals surface area (Å²) >= 11 is 0. The van der Waals surface area contributed by atoms with Crippen molar-refractivity contribution in [3.63, 3.8) is 0 Å². The molecular formula is C22H24N2O2. The third-order valence-corrected chi connectivity index (χ3v) is 5.55. The molecule has 1 fully saturated rings. The van der Waals surface area contributed by atoms with E-state index in [-0.39, 0.29) is 11.6 Å². The van der Waals surface area contributed by atoms with Crippen LogP contribution in [0.2, 0.25) is 0 Å². The second-order valence-corrected chi connectivity index (χ2v) is 7.31. The minimum atomic E-state index is 0.0576. The van der Waals surface area contributed by atoms with Crippen LogP contribution in [0.1, 0.15) is 53.8 Å². The maximum atomic E-state index is 11.8. The third-order valence-electron chi connectivity index (χ3n) is 5.55. The molecular weight excluding hydrogens is 324 g/mol. The Morgan fingerprint density at radius 2 is 1.50 bits per heavy atom. The van der Waals surface area contributed by atoms with E-state index in [1.165, 1.54) is 19.3 Å². The number of aromatic nitrogens is 1. The van der Waals surface area contributed by atoms with Gasteiger partial charge in [-0.15, -0.1) is 0 Å². The van der Waals surface area contributed by atoms with Crippen molar-refractivity contribution >= 4 is 33.4 Å². The van der Waals surface area contributed by atoms with Gasteiger partial charge < -0.3 is 9.88 Å². The van der Waals surface area contributed by atoms with Crippen LogP contribution in [0, 0.1) is 0 Å². The molecule has 134 valence electrons. The molecule has 0 bridgehead atoms. The average molecular weight is 348 g/mol. The molecule has 4 heteroatoms. The Kier molecular flexibility index (Phi) is 4.37. The normalized spacial score (nSPS) is 14.7. The quantitative estimate of drug-likeness (QED) is 0.674. The number of rotatable bonds is 6. The van der Waals surface area contributed by atoms with Crippen LogP contribution in [0.5, 0.6) is 0 Å². The smallest absolute Gasteiger partial charge is 0.159 e. The van der Waals surface area contributed by atoms with Gasteiger partial charge in [-0.3, -0.25) is 9.59 Å². The molecule has 26 heavy (non-hydrogen) atoms. The number of nitrogens with zero attached hydrogens (tertiary/aromatic N) is 1. The lowest BCUT2D eigenvalue weighted by Gasteiger charge is -2.26. The lowest BCUT2D eigenvalue weighted by molar-refractivity contribution is 0.100. The predicted octanol–water partition coefficient (Wildman–Crippen LogP) is 4.34. The number of ketones is 2. The first-order valence-corrected chi connectivity index (χ1v) is 9.36. The average Bonchev–Trinajstić information content (AvgIpc) is 2.89. The lowest BCUT2D eigenvalue weighted by atomic mass is 9.93. The zero-order chi connectivity index (χ0) is 18.3. The van der Waals surface area contributed by atoms with Gasteiger partial charge in [-0.05, 0) is 63.1 Å². The molecule has 2 aromatic carbocycles. The molecule has 1 aliphatic carbocycles. The van der Waals surface area contributed by atoms with Crippen LogP contribution in [0.15, 0.2) is 36.4 Å². The Labute approximate surface area is 153 Å². The van der Waals surface area contributed by atoms with Crippen LogP contribution in [0.25, 0.3) is 21.8 Å². The fraction of sp³-hybridized carbons (Fsp3) is 0.364. The van der Waals surface area contributed by atoms with E-state index in [1.54, 1.807) is 13.8 Å². The van der Waals surface area contributed by atoms with Gasteiger partial charge in [0.15, 0.2) is 11.6 Å². The van der Waals surface area contributed by atoms with Gasteiger partial charge in [-0.2, -0.15) is 0 Å². The van der Waals surface area contributed by atoms with Gasteiger partial charge >= 0.3 is 0 Å². The van der Waals surface area contributed by atoms with Crippen LogP contribution in [0.3, 0.4) is 0 Å². The number of hydrogen-bond donors (Lipinski definition) is 1. The lowest BCUT2D eigenvalue weighted by Crippen LogP contribution is -2.36. The van der Waals surface area contributed by atoms with E-state index >= 15 is 0 Å². The van der Waals surface area contributed by atoms with E-state index in [2.05, 4.69) is 9.88 Å². The maximum Gasteiger partial charge on any atom is 0.159 e. The Bertz CT molecular complexity index is 941. The SMILES string of the molecule is CC(=O)c1ccc2c(c1)c1cc(C(C)=O)ccc1n2CCNC1CCC1. The molecule has 0 aliphatic heterocycles. The van der Waals surface area contributed by atoms with Crippen molar-refractivity contribution in [1.82, 2.24) is 9.88 Å². The van der Waals surface area contributed by atoms with Crippen molar-refractivity contribution in [2.45, 2.75) is 45.7 Å². The second-order valence-electron chi connectivity index (χ2n) is 7.31. The van der Waals surface area contributed by atoms with Crippen LogP contribution in [-0.2, 0) is 6.54 Å². The summed E-state index contributed by atoms with van der Waals surface area (Å²) in [5.74, 6) is 0.115.